The van der Waals surface area contributed by atoms with E-state index in [2.05, 4.69) is 29.3 Å². The molecule has 0 fully saturated rings. The first-order valence-corrected chi connectivity index (χ1v) is 5.64. The molecule has 0 aliphatic carbocycles. The summed E-state index contributed by atoms with van der Waals surface area (Å²) in [5.41, 5.74) is 3.35. The third kappa shape index (κ3) is 3.66. The van der Waals surface area contributed by atoms with Gasteiger partial charge in [0.2, 0.25) is 5.91 Å². The summed E-state index contributed by atoms with van der Waals surface area (Å²) in [7, 11) is 7.53. The summed E-state index contributed by atoms with van der Waals surface area (Å²) in [6.45, 7) is 2.40. The van der Waals surface area contributed by atoms with Crippen molar-refractivity contribution in [2.75, 3.05) is 45.0 Å². The Morgan fingerprint density at radius 1 is 1.24 bits per heavy atom. The number of anilines is 2. The highest BCUT2D eigenvalue weighted by atomic mass is 16.2. The first kappa shape index (κ1) is 13.4. The maximum absolute atomic E-state index is 11.5. The summed E-state index contributed by atoms with van der Waals surface area (Å²) in [6.07, 6.45) is 0. The molecule has 0 unspecified atom stereocenters. The van der Waals surface area contributed by atoms with Crippen molar-refractivity contribution in [1.82, 2.24) is 4.90 Å². The Hall–Kier alpha value is -1.71. The molecular formula is C13H21N3O. The molecule has 1 rings (SSSR count). The molecule has 0 aliphatic rings. The monoisotopic (exact) mass is 235 g/mol. The molecule has 0 atom stereocenters. The van der Waals surface area contributed by atoms with Crippen LogP contribution in [0.5, 0.6) is 0 Å². The van der Waals surface area contributed by atoms with Gasteiger partial charge in [0.05, 0.1) is 6.54 Å². The lowest BCUT2D eigenvalue weighted by Gasteiger charge is -2.18. The van der Waals surface area contributed by atoms with Crippen LogP contribution >= 0.6 is 0 Å². The van der Waals surface area contributed by atoms with Crippen LogP contribution in [-0.4, -0.2) is 45.5 Å². The van der Waals surface area contributed by atoms with Crippen molar-refractivity contribution in [3.63, 3.8) is 0 Å². The summed E-state index contributed by atoms with van der Waals surface area (Å²) >= 11 is 0. The molecule has 1 amide bonds. The van der Waals surface area contributed by atoms with Gasteiger partial charge < -0.3 is 15.1 Å². The van der Waals surface area contributed by atoms with E-state index in [1.54, 1.807) is 19.0 Å². The second kappa shape index (κ2) is 5.57. The number of carbonyl (C=O) groups excluding carboxylic acids is 1. The number of likely N-dealkylation sites (N-methyl/N-ethyl adjacent to an activating group) is 1. The molecule has 0 saturated heterocycles. The molecular weight excluding hydrogens is 214 g/mol. The Morgan fingerprint density at radius 3 is 2.41 bits per heavy atom. The zero-order valence-electron chi connectivity index (χ0n) is 11.2. The molecule has 4 nitrogen and oxygen atoms in total. The predicted octanol–water partition coefficient (Wildman–Crippen LogP) is 1.56. The second-order valence-corrected chi connectivity index (χ2v) is 4.54. The van der Waals surface area contributed by atoms with Crippen LogP contribution in [0.25, 0.3) is 0 Å². The molecule has 0 saturated carbocycles. The number of rotatable bonds is 4. The van der Waals surface area contributed by atoms with Gasteiger partial charge >= 0.3 is 0 Å². The molecule has 1 N–H and O–H groups in total. The van der Waals surface area contributed by atoms with Crippen molar-refractivity contribution in [3.8, 4) is 0 Å². The second-order valence-electron chi connectivity index (χ2n) is 4.54. The number of amides is 1. The smallest absolute Gasteiger partial charge is 0.241 e. The average molecular weight is 235 g/mol. The molecule has 0 aliphatic heterocycles. The SMILES string of the molecule is Cc1ccc(NCC(=O)N(C)C)cc1N(C)C. The van der Waals surface area contributed by atoms with E-state index in [-0.39, 0.29) is 5.91 Å². The van der Waals surface area contributed by atoms with E-state index in [1.807, 2.05) is 20.2 Å². The Morgan fingerprint density at radius 2 is 1.88 bits per heavy atom. The van der Waals surface area contributed by atoms with Crippen LogP contribution in [-0.2, 0) is 4.79 Å². The van der Waals surface area contributed by atoms with Gasteiger partial charge in [-0.25, -0.2) is 0 Å². The molecule has 1 aromatic carbocycles. The maximum Gasteiger partial charge on any atom is 0.241 e. The lowest BCUT2D eigenvalue weighted by Crippen LogP contribution is -2.28. The van der Waals surface area contributed by atoms with E-state index in [0.717, 1.165) is 11.4 Å². The molecule has 0 spiro atoms. The van der Waals surface area contributed by atoms with Gasteiger partial charge in [-0.05, 0) is 24.6 Å². The van der Waals surface area contributed by atoms with Crippen molar-refractivity contribution >= 4 is 17.3 Å². The summed E-state index contributed by atoms with van der Waals surface area (Å²) in [5, 5.41) is 3.13. The van der Waals surface area contributed by atoms with E-state index < -0.39 is 0 Å². The highest BCUT2D eigenvalue weighted by Crippen LogP contribution is 2.22. The highest BCUT2D eigenvalue weighted by molar-refractivity contribution is 5.80. The zero-order chi connectivity index (χ0) is 13.0. The molecule has 0 heterocycles. The number of hydrogen-bond donors (Lipinski definition) is 1. The minimum absolute atomic E-state index is 0.0666. The van der Waals surface area contributed by atoms with E-state index >= 15 is 0 Å². The Balaban J connectivity index is 2.73. The standard InChI is InChI=1S/C13H21N3O/c1-10-6-7-11(8-12(10)15(2)3)14-9-13(17)16(4)5/h6-8,14H,9H2,1-5H3. The van der Waals surface area contributed by atoms with Crippen LogP contribution < -0.4 is 10.2 Å². The zero-order valence-corrected chi connectivity index (χ0v) is 11.2. The predicted molar refractivity (Wildman–Crippen MR) is 72.7 cm³/mol. The van der Waals surface area contributed by atoms with E-state index in [4.69, 9.17) is 0 Å². The molecule has 17 heavy (non-hydrogen) atoms. The number of nitrogens with zero attached hydrogens (tertiary/aromatic N) is 2. The fourth-order valence-electron chi connectivity index (χ4n) is 1.54. The molecule has 0 aromatic heterocycles. The maximum atomic E-state index is 11.5. The minimum Gasteiger partial charge on any atom is -0.377 e. The quantitative estimate of drug-likeness (QED) is 0.860. The van der Waals surface area contributed by atoms with Crippen LogP contribution in [0.15, 0.2) is 18.2 Å². The Labute approximate surface area is 103 Å². The van der Waals surface area contributed by atoms with Gasteiger partial charge in [0.15, 0.2) is 0 Å². The van der Waals surface area contributed by atoms with Crippen LogP contribution in [0.3, 0.4) is 0 Å². The Bertz CT molecular complexity index is 400. The summed E-state index contributed by atoms with van der Waals surface area (Å²) < 4.78 is 0. The first-order valence-electron chi connectivity index (χ1n) is 5.64. The van der Waals surface area contributed by atoms with Crippen molar-refractivity contribution in [1.29, 1.82) is 0 Å². The van der Waals surface area contributed by atoms with E-state index in [0.29, 0.717) is 6.54 Å². The van der Waals surface area contributed by atoms with Crippen LogP contribution in [0.1, 0.15) is 5.56 Å². The molecule has 0 radical (unpaired) electrons. The van der Waals surface area contributed by atoms with Gasteiger partial charge in [0, 0.05) is 39.6 Å². The van der Waals surface area contributed by atoms with Gasteiger partial charge in [-0.1, -0.05) is 6.07 Å². The number of hydrogen-bond acceptors (Lipinski definition) is 3. The highest BCUT2D eigenvalue weighted by Gasteiger charge is 2.05. The van der Waals surface area contributed by atoms with Crippen LogP contribution in [0.2, 0.25) is 0 Å². The summed E-state index contributed by atoms with van der Waals surface area (Å²) in [6, 6.07) is 6.10. The van der Waals surface area contributed by atoms with Crippen molar-refractivity contribution < 1.29 is 4.79 Å². The fourth-order valence-corrected chi connectivity index (χ4v) is 1.54. The molecule has 4 heteroatoms. The average Bonchev–Trinajstić information content (AvgIpc) is 2.26. The van der Waals surface area contributed by atoms with E-state index in [1.165, 1.54) is 5.56 Å². The number of nitrogens with one attached hydrogen (secondary N) is 1. The third-order valence-electron chi connectivity index (χ3n) is 2.63. The lowest BCUT2D eigenvalue weighted by molar-refractivity contribution is -0.126. The first-order chi connectivity index (χ1) is 7.91. The molecule has 94 valence electrons. The van der Waals surface area contributed by atoms with Gasteiger partial charge in [0.25, 0.3) is 0 Å². The minimum atomic E-state index is 0.0666. The van der Waals surface area contributed by atoms with Gasteiger partial charge in [-0.15, -0.1) is 0 Å². The van der Waals surface area contributed by atoms with E-state index in [9.17, 15) is 4.79 Å². The Kier molecular flexibility index (Phi) is 4.37. The molecule has 0 bridgehead atoms. The van der Waals surface area contributed by atoms with Crippen LogP contribution in [0, 0.1) is 6.92 Å². The number of benzene rings is 1. The molecule has 1 aromatic rings. The number of carbonyl (C=O) groups is 1. The fraction of sp³-hybridized carbons (Fsp3) is 0.462. The normalized spacial score (nSPS) is 9.94. The summed E-state index contributed by atoms with van der Waals surface area (Å²) in [5.74, 6) is 0.0666. The lowest BCUT2D eigenvalue weighted by atomic mass is 10.1. The number of aryl methyl sites for hydroxylation is 1. The van der Waals surface area contributed by atoms with Crippen LogP contribution in [0.4, 0.5) is 11.4 Å². The van der Waals surface area contributed by atoms with Gasteiger partial charge in [-0.3, -0.25) is 4.79 Å². The van der Waals surface area contributed by atoms with Crippen molar-refractivity contribution in [2.24, 2.45) is 0 Å². The topological polar surface area (TPSA) is 35.6 Å². The van der Waals surface area contributed by atoms with Gasteiger partial charge in [-0.2, -0.15) is 0 Å². The largest absolute Gasteiger partial charge is 0.377 e. The van der Waals surface area contributed by atoms with Crippen molar-refractivity contribution in [2.45, 2.75) is 6.92 Å². The third-order valence-corrected chi connectivity index (χ3v) is 2.63. The van der Waals surface area contributed by atoms with Gasteiger partial charge in [0.1, 0.15) is 0 Å². The summed E-state index contributed by atoms with van der Waals surface area (Å²) in [4.78, 5) is 15.1. The van der Waals surface area contributed by atoms with Crippen molar-refractivity contribution in [3.05, 3.63) is 23.8 Å².